The Morgan fingerprint density at radius 3 is 0.737 bits per heavy atom. The summed E-state index contributed by atoms with van der Waals surface area (Å²) >= 11 is 4.24. The summed E-state index contributed by atoms with van der Waals surface area (Å²) in [7, 11) is 0. The zero-order valence-electron chi connectivity index (χ0n) is 23.6. The van der Waals surface area contributed by atoms with Crippen LogP contribution in [0.2, 0.25) is 0 Å². The van der Waals surface area contributed by atoms with Crippen LogP contribution in [-0.4, -0.2) is 127 Å². The Balaban J connectivity index is -0.000000608. The van der Waals surface area contributed by atoms with Gasteiger partial charge in [0.1, 0.15) is 6.79 Å². The van der Waals surface area contributed by atoms with Gasteiger partial charge in [-0.15, -0.1) is 0 Å². The van der Waals surface area contributed by atoms with Gasteiger partial charge in [0.05, 0.1) is 79.3 Å². The van der Waals surface area contributed by atoms with E-state index in [1.54, 1.807) is 0 Å². The molecule has 11 nitrogen and oxygen atoms in total. The van der Waals surface area contributed by atoms with Crippen molar-refractivity contribution in [2.24, 2.45) is 21.7 Å². The van der Waals surface area contributed by atoms with Crippen molar-refractivity contribution in [3.8, 4) is 0 Å². The normalized spacial score (nSPS) is 12.5. The summed E-state index contributed by atoms with van der Waals surface area (Å²) in [5.41, 5.74) is -2.55. The van der Waals surface area contributed by atoms with Crippen molar-refractivity contribution in [2.75, 3.05) is 86.1 Å². The minimum atomic E-state index is -0.640. The van der Waals surface area contributed by atoms with Crippen LogP contribution < -0.4 is 0 Å². The maximum absolute atomic E-state index is 9.24. The maximum Gasteiger partial charge on any atom is 0.146 e. The molecule has 0 aliphatic rings. The Kier molecular flexibility index (Phi) is 29.4. The molecule has 0 aromatic rings. The van der Waals surface area contributed by atoms with Gasteiger partial charge in [-0.1, -0.05) is 27.7 Å². The lowest BCUT2D eigenvalue weighted by atomic mass is 9.86. The first-order valence-corrected chi connectivity index (χ1v) is 19.2. The molecule has 0 saturated carbocycles. The molecule has 234 valence electrons. The first-order valence-electron chi connectivity index (χ1n) is 12.9. The Labute approximate surface area is 252 Å². The second-order valence-corrected chi connectivity index (χ2v) is 9.99. The fourth-order valence-electron chi connectivity index (χ4n) is 2.93. The van der Waals surface area contributed by atoms with Crippen LogP contribution >= 0.6 is 37.2 Å². The van der Waals surface area contributed by atoms with E-state index in [1.165, 1.54) is 0 Å². The van der Waals surface area contributed by atoms with Gasteiger partial charge >= 0.3 is 0 Å². The summed E-state index contributed by atoms with van der Waals surface area (Å²) < 4.78 is 16.1. The molecule has 38 heavy (non-hydrogen) atoms. The summed E-state index contributed by atoms with van der Waals surface area (Å²) in [6.45, 7) is 7.19. The van der Waals surface area contributed by atoms with Gasteiger partial charge < -0.3 is 55.1 Å². The summed E-state index contributed by atoms with van der Waals surface area (Å²) in [4.78, 5) is 0. The third-order valence-corrected chi connectivity index (χ3v) is 7.48. The fraction of sp³-hybridized carbons (Fsp3) is 1.00. The highest BCUT2D eigenvalue weighted by Crippen LogP contribution is 2.25. The Morgan fingerprint density at radius 2 is 0.579 bits per heavy atom. The van der Waals surface area contributed by atoms with Gasteiger partial charge in [-0.05, 0) is 25.7 Å². The molecule has 0 spiro atoms. The molecule has 0 bridgehead atoms. The van der Waals surface area contributed by atoms with Gasteiger partial charge in [-0.2, -0.15) is 0 Å². The van der Waals surface area contributed by atoms with E-state index in [-0.39, 0.29) is 86.1 Å². The van der Waals surface area contributed by atoms with Crippen LogP contribution in [-0.2, 0) is 14.2 Å². The summed E-state index contributed by atoms with van der Waals surface area (Å²) in [6, 6.07) is 0. The van der Waals surface area contributed by atoms with E-state index in [2.05, 4.69) is 37.2 Å². The number of hydrogen-bond acceptors (Lipinski definition) is 11. The monoisotopic (exact) mass is 784 g/mol. The van der Waals surface area contributed by atoms with E-state index in [0.717, 1.165) is 0 Å². The van der Waals surface area contributed by atoms with Crippen LogP contribution in [0.25, 0.3) is 0 Å². The Hall–Kier alpha value is 1.02. The number of aliphatic hydroxyl groups is 8. The van der Waals surface area contributed by atoms with Crippen molar-refractivity contribution in [3.63, 3.8) is 0 Å². The summed E-state index contributed by atoms with van der Waals surface area (Å²) in [5.74, 6) is 0. The highest BCUT2D eigenvalue weighted by atomic mass is 128. The second-order valence-electron chi connectivity index (χ2n) is 9.99. The lowest BCUT2D eigenvalue weighted by molar-refractivity contribution is -0.130. The lowest BCUT2D eigenvalue weighted by Crippen LogP contribution is -2.39. The van der Waals surface area contributed by atoms with E-state index in [0.29, 0.717) is 25.7 Å². The van der Waals surface area contributed by atoms with Gasteiger partial charge in [-0.3, -0.25) is 0 Å². The SMILES string of the molecule is CCC(CO)(CO)COCC(CC)(CO)CO.CCC(CO)(CO)COCOCC(CC)(CO)CO.II. The lowest BCUT2D eigenvalue weighted by Gasteiger charge is -2.32. The predicted molar refractivity (Wildman–Crippen MR) is 163 cm³/mol. The molecule has 0 aliphatic carbocycles. The molecule has 0 aromatic carbocycles. The topological polar surface area (TPSA) is 190 Å². The molecule has 0 atom stereocenters. The smallest absolute Gasteiger partial charge is 0.146 e. The van der Waals surface area contributed by atoms with Crippen LogP contribution in [0.3, 0.4) is 0 Å². The minimum Gasteiger partial charge on any atom is -0.396 e. The Morgan fingerprint density at radius 1 is 0.395 bits per heavy atom. The molecule has 0 amide bonds. The molecule has 0 heterocycles. The van der Waals surface area contributed by atoms with Crippen LogP contribution in [0.15, 0.2) is 0 Å². The molecule has 0 fully saturated rings. The van der Waals surface area contributed by atoms with Gasteiger partial charge in [0.25, 0.3) is 0 Å². The molecule has 0 unspecified atom stereocenters. The van der Waals surface area contributed by atoms with Gasteiger partial charge in [0.2, 0.25) is 0 Å². The third-order valence-electron chi connectivity index (χ3n) is 7.48. The highest BCUT2D eigenvalue weighted by molar-refractivity contribution is 15.0. The zero-order chi connectivity index (χ0) is 30.1. The number of halogens is 2. The molecule has 13 heteroatoms. The average Bonchev–Trinajstić information content (AvgIpc) is 3.00. The summed E-state index contributed by atoms with van der Waals surface area (Å²) in [5, 5.41) is 73.9. The van der Waals surface area contributed by atoms with Crippen molar-refractivity contribution >= 4 is 37.2 Å². The zero-order valence-corrected chi connectivity index (χ0v) is 27.9. The first-order chi connectivity index (χ1) is 18.1. The number of rotatable bonds is 22. The van der Waals surface area contributed by atoms with Crippen molar-refractivity contribution in [1.82, 2.24) is 0 Å². The van der Waals surface area contributed by atoms with Gasteiger partial charge in [-0.25, -0.2) is 0 Å². The highest BCUT2D eigenvalue weighted by Gasteiger charge is 2.31. The number of hydrogen-bond donors (Lipinski definition) is 8. The van der Waals surface area contributed by atoms with Gasteiger partial charge in [0.15, 0.2) is 0 Å². The molecule has 0 aliphatic heterocycles. The molecule has 0 aromatic heterocycles. The van der Waals surface area contributed by atoms with E-state index >= 15 is 0 Å². The fourth-order valence-corrected chi connectivity index (χ4v) is 2.93. The average molecular weight is 785 g/mol. The first kappa shape index (κ1) is 43.5. The van der Waals surface area contributed by atoms with E-state index < -0.39 is 21.7 Å². The number of aliphatic hydroxyl groups excluding tert-OH is 8. The molecular formula is C25H54I2O11. The quantitative estimate of drug-likeness (QED) is 0.0449. The van der Waals surface area contributed by atoms with Crippen LogP contribution in [0.5, 0.6) is 0 Å². The van der Waals surface area contributed by atoms with E-state index in [4.69, 9.17) is 14.2 Å². The Bertz CT molecular complexity index is 425. The van der Waals surface area contributed by atoms with Crippen LogP contribution in [0.4, 0.5) is 0 Å². The van der Waals surface area contributed by atoms with Crippen molar-refractivity contribution < 1.29 is 55.1 Å². The van der Waals surface area contributed by atoms with Crippen LogP contribution in [0.1, 0.15) is 53.4 Å². The van der Waals surface area contributed by atoms with Crippen molar-refractivity contribution in [2.45, 2.75) is 53.4 Å². The molecule has 0 saturated heterocycles. The molecule has 0 rings (SSSR count). The van der Waals surface area contributed by atoms with Gasteiger partial charge in [0, 0.05) is 58.9 Å². The van der Waals surface area contributed by atoms with Crippen molar-refractivity contribution in [3.05, 3.63) is 0 Å². The number of ether oxygens (including phenoxy) is 3. The standard InChI is InChI=1S/C13H28O6.C12H26O5.I2/c1-3-12(5-14,6-15)9-18-11-19-10-13(4-2,7-16)8-17;1-3-11(5-13,6-14)9-17-10-12(4-2,7-15)8-16;1-2/h14-17H,3-11H2,1-2H3;13-16H,3-10H2,1-2H3;. The van der Waals surface area contributed by atoms with Crippen molar-refractivity contribution in [1.29, 1.82) is 0 Å². The molecule has 8 N–H and O–H groups in total. The second kappa shape index (κ2) is 25.7. The van der Waals surface area contributed by atoms with E-state index in [1.807, 2.05) is 27.7 Å². The predicted octanol–water partition coefficient (Wildman–Crippen LogP) is 1.28. The minimum absolute atomic E-state index is 0.00347. The van der Waals surface area contributed by atoms with E-state index in [9.17, 15) is 40.9 Å². The maximum atomic E-state index is 9.24. The largest absolute Gasteiger partial charge is 0.396 e. The molecule has 0 radical (unpaired) electrons. The summed E-state index contributed by atoms with van der Waals surface area (Å²) in [6.07, 6.45) is 2.42. The molecular weight excluding hydrogens is 730 g/mol. The third kappa shape index (κ3) is 15.9. The van der Waals surface area contributed by atoms with Crippen LogP contribution in [0, 0.1) is 21.7 Å².